The SMILES string of the molecule is CS(=Nc1ccccc1)(=Nc1ccccc1)c1ccccc1. The number of hydrogen-bond donors (Lipinski definition) is 0. The first-order chi connectivity index (χ1) is 10.8. The van der Waals surface area contributed by atoms with Crippen LogP contribution in [0.25, 0.3) is 0 Å². The molecule has 0 aliphatic rings. The number of rotatable bonds is 3. The monoisotopic (exact) mass is 306 g/mol. The predicted octanol–water partition coefficient (Wildman–Crippen LogP) is 5.86. The molecule has 3 aromatic carbocycles. The summed E-state index contributed by atoms with van der Waals surface area (Å²) in [6.07, 6.45) is 2.13. The van der Waals surface area contributed by atoms with E-state index in [0.29, 0.717) is 0 Å². The third-order valence-electron chi connectivity index (χ3n) is 3.27. The lowest BCUT2D eigenvalue weighted by molar-refractivity contribution is 1.40. The molecule has 0 heterocycles. The molecule has 0 fully saturated rings. The van der Waals surface area contributed by atoms with Crippen LogP contribution in [0.15, 0.2) is 105 Å². The average molecular weight is 306 g/mol. The molecule has 110 valence electrons. The maximum Gasteiger partial charge on any atom is 0.0717 e. The maximum absolute atomic E-state index is 4.97. The minimum Gasteiger partial charge on any atom is -0.213 e. The lowest BCUT2D eigenvalue weighted by Crippen LogP contribution is -1.96. The van der Waals surface area contributed by atoms with E-state index in [1.165, 1.54) is 0 Å². The summed E-state index contributed by atoms with van der Waals surface area (Å²) in [4.78, 5) is 1.16. The molecular weight excluding hydrogens is 288 g/mol. The van der Waals surface area contributed by atoms with Crippen LogP contribution in [0.1, 0.15) is 0 Å². The molecule has 0 radical (unpaired) electrons. The zero-order valence-electron chi connectivity index (χ0n) is 12.5. The van der Waals surface area contributed by atoms with Crippen LogP contribution in [-0.4, -0.2) is 6.26 Å². The Morgan fingerprint density at radius 1 is 0.545 bits per heavy atom. The molecule has 0 amide bonds. The molecule has 0 saturated carbocycles. The largest absolute Gasteiger partial charge is 0.213 e. The minimum absolute atomic E-state index is 0.962. The Bertz CT molecular complexity index is 796. The summed E-state index contributed by atoms with van der Waals surface area (Å²) < 4.78 is 9.95. The second-order valence-electron chi connectivity index (χ2n) is 5.00. The molecule has 0 N–H and O–H groups in total. The van der Waals surface area contributed by atoms with Crippen LogP contribution >= 0.6 is 0 Å². The molecule has 3 rings (SSSR count). The lowest BCUT2D eigenvalue weighted by atomic mass is 10.3. The summed E-state index contributed by atoms with van der Waals surface area (Å²) in [5.41, 5.74) is 1.92. The Morgan fingerprint density at radius 2 is 0.909 bits per heavy atom. The fourth-order valence-corrected chi connectivity index (χ4v) is 4.18. The molecule has 3 heteroatoms. The molecule has 3 aromatic rings. The van der Waals surface area contributed by atoms with Crippen LogP contribution in [0.4, 0.5) is 11.4 Å². The topological polar surface area (TPSA) is 24.7 Å². The van der Waals surface area contributed by atoms with E-state index in [9.17, 15) is 0 Å². The molecule has 0 aromatic heterocycles. The van der Waals surface area contributed by atoms with Crippen molar-refractivity contribution in [1.82, 2.24) is 0 Å². The van der Waals surface area contributed by atoms with Crippen LogP contribution in [0.2, 0.25) is 0 Å². The summed E-state index contributed by atoms with van der Waals surface area (Å²) in [6.45, 7) is 0. The molecule has 0 aliphatic heterocycles. The van der Waals surface area contributed by atoms with Crippen LogP contribution in [-0.2, 0) is 9.62 Å². The Kier molecular flexibility index (Phi) is 4.35. The van der Waals surface area contributed by atoms with Gasteiger partial charge in [0.1, 0.15) is 0 Å². The van der Waals surface area contributed by atoms with E-state index < -0.39 is 9.62 Å². The standard InChI is InChI=1S/C19H18N2S/c1-22(19-15-9-4-10-16-19,20-17-11-5-2-6-12-17)21-18-13-7-3-8-14-18/h2-16H,1H3. The van der Waals surface area contributed by atoms with Gasteiger partial charge in [0.15, 0.2) is 0 Å². The third kappa shape index (κ3) is 3.43. The molecule has 0 saturated heterocycles. The minimum atomic E-state index is -1.67. The highest BCUT2D eigenvalue weighted by Gasteiger charge is 2.05. The zero-order chi connectivity index (χ0) is 15.3. The van der Waals surface area contributed by atoms with Crippen molar-refractivity contribution in [3.05, 3.63) is 91.0 Å². The van der Waals surface area contributed by atoms with Gasteiger partial charge in [0.05, 0.1) is 11.4 Å². The van der Waals surface area contributed by atoms with Gasteiger partial charge in [-0.15, -0.1) is 0 Å². The predicted molar refractivity (Wildman–Crippen MR) is 95.1 cm³/mol. The van der Waals surface area contributed by atoms with Gasteiger partial charge in [-0.1, -0.05) is 54.6 Å². The van der Waals surface area contributed by atoms with Crippen molar-refractivity contribution in [1.29, 1.82) is 0 Å². The van der Waals surface area contributed by atoms with Gasteiger partial charge in [-0.3, -0.25) is 0 Å². The number of hydrogen-bond acceptors (Lipinski definition) is 2. The summed E-state index contributed by atoms with van der Waals surface area (Å²) in [5, 5.41) is 0. The quantitative estimate of drug-likeness (QED) is 0.579. The summed E-state index contributed by atoms with van der Waals surface area (Å²) in [7, 11) is -1.67. The molecule has 0 spiro atoms. The second-order valence-corrected chi connectivity index (χ2v) is 7.50. The van der Waals surface area contributed by atoms with Crippen LogP contribution in [0, 0.1) is 0 Å². The summed E-state index contributed by atoms with van der Waals surface area (Å²) in [5.74, 6) is 0. The van der Waals surface area contributed by atoms with Crippen molar-refractivity contribution < 1.29 is 0 Å². The zero-order valence-corrected chi connectivity index (χ0v) is 13.3. The fraction of sp³-hybridized carbons (Fsp3) is 0.0526. The van der Waals surface area contributed by atoms with Crippen LogP contribution in [0.3, 0.4) is 0 Å². The lowest BCUT2D eigenvalue weighted by Gasteiger charge is -2.11. The van der Waals surface area contributed by atoms with Gasteiger partial charge in [-0.25, -0.2) is 8.73 Å². The summed E-state index contributed by atoms with van der Waals surface area (Å²) in [6, 6.07) is 30.4. The van der Waals surface area contributed by atoms with Gasteiger partial charge >= 0.3 is 0 Å². The number of benzene rings is 3. The first-order valence-corrected chi connectivity index (χ1v) is 9.11. The third-order valence-corrected chi connectivity index (χ3v) is 5.57. The Labute approximate surface area is 132 Å². The van der Waals surface area contributed by atoms with E-state index >= 15 is 0 Å². The highest BCUT2D eigenvalue weighted by molar-refractivity contribution is 7.95. The second kappa shape index (κ2) is 6.58. The van der Waals surface area contributed by atoms with Crippen molar-refractivity contribution in [3.8, 4) is 0 Å². The van der Waals surface area contributed by atoms with Crippen molar-refractivity contribution in [2.45, 2.75) is 4.90 Å². The van der Waals surface area contributed by atoms with E-state index in [0.717, 1.165) is 16.3 Å². The average Bonchev–Trinajstić information content (AvgIpc) is 2.57. The fourth-order valence-electron chi connectivity index (χ4n) is 2.19. The first-order valence-electron chi connectivity index (χ1n) is 7.16. The van der Waals surface area contributed by atoms with Crippen molar-refractivity contribution in [2.24, 2.45) is 8.73 Å². The van der Waals surface area contributed by atoms with E-state index in [4.69, 9.17) is 8.73 Å². The highest BCUT2D eigenvalue weighted by Crippen LogP contribution is 2.25. The molecule has 2 nitrogen and oxygen atoms in total. The highest BCUT2D eigenvalue weighted by atomic mass is 32.2. The van der Waals surface area contributed by atoms with E-state index in [1.54, 1.807) is 0 Å². The van der Waals surface area contributed by atoms with Crippen LogP contribution in [0.5, 0.6) is 0 Å². The molecule has 0 unspecified atom stereocenters. The molecule has 0 aliphatic carbocycles. The normalized spacial score (nSPS) is 11.0. The smallest absolute Gasteiger partial charge is 0.0717 e. The molecule has 0 atom stereocenters. The van der Waals surface area contributed by atoms with E-state index in [2.05, 4.69) is 18.4 Å². The van der Waals surface area contributed by atoms with Gasteiger partial charge in [-0.2, -0.15) is 0 Å². The van der Waals surface area contributed by atoms with E-state index in [1.807, 2.05) is 78.9 Å². The van der Waals surface area contributed by atoms with Gasteiger partial charge in [0.2, 0.25) is 0 Å². The van der Waals surface area contributed by atoms with Crippen LogP contribution < -0.4 is 0 Å². The maximum atomic E-state index is 4.97. The first kappa shape index (κ1) is 14.5. The summed E-state index contributed by atoms with van der Waals surface area (Å²) >= 11 is 0. The Balaban J connectivity index is 2.24. The van der Waals surface area contributed by atoms with Gasteiger partial charge in [0, 0.05) is 11.2 Å². The van der Waals surface area contributed by atoms with E-state index in [-0.39, 0.29) is 0 Å². The molecular formula is C19H18N2S. The van der Waals surface area contributed by atoms with Crippen molar-refractivity contribution in [3.63, 3.8) is 0 Å². The molecule has 22 heavy (non-hydrogen) atoms. The van der Waals surface area contributed by atoms with Gasteiger partial charge in [-0.05, 0) is 46.0 Å². The Morgan fingerprint density at radius 3 is 1.32 bits per heavy atom. The van der Waals surface area contributed by atoms with Crippen molar-refractivity contribution >= 4 is 21.0 Å². The Hall–Kier alpha value is -2.39. The number of nitrogens with zero attached hydrogens (tertiary/aromatic N) is 2. The van der Waals surface area contributed by atoms with Gasteiger partial charge in [0.25, 0.3) is 0 Å². The van der Waals surface area contributed by atoms with Crippen molar-refractivity contribution in [2.75, 3.05) is 6.26 Å². The molecule has 0 bridgehead atoms. The van der Waals surface area contributed by atoms with Gasteiger partial charge < -0.3 is 0 Å².